The largest absolute Gasteiger partial charge is 0.303 e. The summed E-state index contributed by atoms with van der Waals surface area (Å²) in [5.41, 5.74) is 3.90. The Morgan fingerprint density at radius 2 is 2.30 bits per heavy atom. The van der Waals surface area contributed by atoms with Crippen LogP contribution in [0.3, 0.4) is 0 Å². The van der Waals surface area contributed by atoms with Gasteiger partial charge >= 0.3 is 0 Å². The van der Waals surface area contributed by atoms with Crippen molar-refractivity contribution in [1.82, 2.24) is 0 Å². The second-order valence-corrected chi connectivity index (χ2v) is 1.95. The van der Waals surface area contributed by atoms with Crippen LogP contribution in [0.15, 0.2) is 41.7 Å². The van der Waals surface area contributed by atoms with Crippen LogP contribution in [0.5, 0.6) is 0 Å². The number of aldehydes is 1. The van der Waals surface area contributed by atoms with Crippen LogP contribution in [-0.2, 0) is 4.79 Å². The summed E-state index contributed by atoms with van der Waals surface area (Å²) in [6.07, 6.45) is 10.7. The molecular weight excluding hydrogens is 124 g/mol. The molecule has 0 aromatic rings. The van der Waals surface area contributed by atoms with E-state index in [0.717, 1.165) is 11.9 Å². The molecule has 0 bridgehead atoms. The number of allylic oxidation sites excluding steroid dienone is 5. The lowest BCUT2D eigenvalue weighted by atomic mass is 10.2. The van der Waals surface area contributed by atoms with E-state index >= 15 is 0 Å². The second-order valence-electron chi connectivity index (χ2n) is 1.95. The van der Waals surface area contributed by atoms with Crippen molar-refractivity contribution in [1.29, 1.82) is 0 Å². The highest BCUT2D eigenvalue weighted by Crippen LogP contribution is 2.01. The van der Waals surface area contributed by atoms with Crippen molar-refractivity contribution in [2.24, 2.45) is 0 Å². The van der Waals surface area contributed by atoms with E-state index in [0.29, 0.717) is 6.42 Å². The molecular formula is C9H8O. The fourth-order valence-corrected chi connectivity index (χ4v) is 0.711. The van der Waals surface area contributed by atoms with Crippen LogP contribution in [0.2, 0.25) is 0 Å². The Hall–Kier alpha value is -1.33. The number of hydrogen-bond acceptors (Lipinski definition) is 1. The summed E-state index contributed by atoms with van der Waals surface area (Å²) in [6, 6.07) is 0. The maximum Gasteiger partial charge on any atom is 0.124 e. The quantitative estimate of drug-likeness (QED) is 0.413. The maximum absolute atomic E-state index is 10.1. The van der Waals surface area contributed by atoms with Crippen molar-refractivity contribution in [3.05, 3.63) is 41.7 Å². The highest BCUT2D eigenvalue weighted by Gasteiger charge is 1.87. The van der Waals surface area contributed by atoms with Crippen molar-refractivity contribution >= 4 is 6.29 Å². The summed E-state index contributed by atoms with van der Waals surface area (Å²) in [6.45, 7) is 0. The van der Waals surface area contributed by atoms with Gasteiger partial charge in [0.15, 0.2) is 0 Å². The third-order valence-corrected chi connectivity index (χ3v) is 1.19. The van der Waals surface area contributed by atoms with Gasteiger partial charge in [-0.05, 0) is 6.08 Å². The van der Waals surface area contributed by atoms with Crippen molar-refractivity contribution in [3.8, 4) is 0 Å². The Kier molecular flexibility index (Phi) is 2.48. The summed E-state index contributed by atoms with van der Waals surface area (Å²) < 4.78 is 0. The van der Waals surface area contributed by atoms with Gasteiger partial charge in [0.2, 0.25) is 0 Å². The molecule has 0 unspecified atom stereocenters. The molecule has 0 heterocycles. The van der Waals surface area contributed by atoms with E-state index in [2.05, 4.69) is 5.73 Å². The van der Waals surface area contributed by atoms with Crippen molar-refractivity contribution in [2.75, 3.05) is 0 Å². The SMILES string of the molecule is O=CCC1=C=CC=CC=C1. The molecule has 0 aliphatic heterocycles. The van der Waals surface area contributed by atoms with Gasteiger partial charge in [-0.3, -0.25) is 0 Å². The molecule has 1 aliphatic rings. The normalized spacial score (nSPS) is 14.6. The van der Waals surface area contributed by atoms with Gasteiger partial charge in [0.25, 0.3) is 0 Å². The summed E-state index contributed by atoms with van der Waals surface area (Å²) in [7, 11) is 0. The zero-order valence-electron chi connectivity index (χ0n) is 5.58. The summed E-state index contributed by atoms with van der Waals surface area (Å²) in [5.74, 6) is 0. The van der Waals surface area contributed by atoms with Crippen LogP contribution in [0.1, 0.15) is 6.42 Å². The minimum Gasteiger partial charge on any atom is -0.303 e. The second kappa shape index (κ2) is 3.65. The molecule has 0 aromatic carbocycles. The van der Waals surface area contributed by atoms with Crippen LogP contribution in [0.25, 0.3) is 0 Å². The molecule has 10 heavy (non-hydrogen) atoms. The topological polar surface area (TPSA) is 17.1 Å². The van der Waals surface area contributed by atoms with E-state index in [4.69, 9.17) is 0 Å². The standard InChI is InChI=1S/C9H8O/c10-8-7-9-5-3-1-2-4-6-9/h1-5,8H,7H2. The van der Waals surface area contributed by atoms with Gasteiger partial charge in [0.05, 0.1) is 0 Å². The molecule has 0 fully saturated rings. The number of rotatable bonds is 2. The highest BCUT2D eigenvalue weighted by molar-refractivity contribution is 5.56. The van der Waals surface area contributed by atoms with E-state index in [1.807, 2.05) is 24.3 Å². The van der Waals surface area contributed by atoms with Gasteiger partial charge in [0.1, 0.15) is 6.29 Å². The molecule has 1 rings (SSSR count). The Morgan fingerprint density at radius 1 is 1.40 bits per heavy atom. The Bertz CT molecular complexity index is 237. The van der Waals surface area contributed by atoms with Gasteiger partial charge in [-0.25, -0.2) is 0 Å². The van der Waals surface area contributed by atoms with Crippen LogP contribution >= 0.6 is 0 Å². The summed E-state index contributed by atoms with van der Waals surface area (Å²) >= 11 is 0. The van der Waals surface area contributed by atoms with Crippen molar-refractivity contribution in [3.63, 3.8) is 0 Å². The molecule has 0 spiro atoms. The Labute approximate surface area is 60.1 Å². The van der Waals surface area contributed by atoms with Gasteiger partial charge in [0, 0.05) is 12.0 Å². The van der Waals surface area contributed by atoms with E-state index in [1.54, 1.807) is 6.08 Å². The predicted molar refractivity (Wildman–Crippen MR) is 40.6 cm³/mol. The first-order valence-electron chi connectivity index (χ1n) is 3.16. The lowest BCUT2D eigenvalue weighted by Gasteiger charge is -1.85. The van der Waals surface area contributed by atoms with E-state index in [1.165, 1.54) is 0 Å². The molecule has 50 valence electrons. The summed E-state index contributed by atoms with van der Waals surface area (Å²) in [5, 5.41) is 0. The fourth-order valence-electron chi connectivity index (χ4n) is 0.711. The first-order chi connectivity index (χ1) is 4.93. The zero-order chi connectivity index (χ0) is 7.23. The summed E-state index contributed by atoms with van der Waals surface area (Å²) in [4.78, 5) is 10.1. The molecule has 1 aliphatic carbocycles. The van der Waals surface area contributed by atoms with E-state index < -0.39 is 0 Å². The smallest absolute Gasteiger partial charge is 0.124 e. The molecule has 0 N–H and O–H groups in total. The molecule has 0 atom stereocenters. The molecule has 0 amide bonds. The Balaban J connectivity index is 2.76. The number of carbonyl (C=O) groups is 1. The minimum atomic E-state index is 0.453. The van der Waals surface area contributed by atoms with Crippen LogP contribution in [0, 0.1) is 0 Å². The van der Waals surface area contributed by atoms with Gasteiger partial charge in [-0.2, -0.15) is 0 Å². The first kappa shape index (κ1) is 6.79. The average Bonchev–Trinajstić information content (AvgIpc) is 2.17. The molecule has 0 saturated heterocycles. The van der Waals surface area contributed by atoms with Gasteiger partial charge in [-0.1, -0.05) is 24.3 Å². The monoisotopic (exact) mass is 132 g/mol. The number of hydrogen-bond donors (Lipinski definition) is 0. The molecule has 1 nitrogen and oxygen atoms in total. The van der Waals surface area contributed by atoms with Crippen LogP contribution < -0.4 is 0 Å². The van der Waals surface area contributed by atoms with Crippen LogP contribution in [0.4, 0.5) is 0 Å². The highest BCUT2D eigenvalue weighted by atomic mass is 16.1. The third kappa shape index (κ3) is 1.88. The number of carbonyl (C=O) groups excluding carboxylic acids is 1. The first-order valence-corrected chi connectivity index (χ1v) is 3.16. The van der Waals surface area contributed by atoms with Gasteiger partial charge < -0.3 is 4.79 Å². The van der Waals surface area contributed by atoms with E-state index in [9.17, 15) is 4.79 Å². The van der Waals surface area contributed by atoms with Crippen molar-refractivity contribution < 1.29 is 4.79 Å². The zero-order valence-corrected chi connectivity index (χ0v) is 5.58. The molecule has 0 aromatic heterocycles. The predicted octanol–water partition coefficient (Wildman–Crippen LogP) is 1.78. The van der Waals surface area contributed by atoms with Crippen LogP contribution in [-0.4, -0.2) is 6.29 Å². The van der Waals surface area contributed by atoms with Crippen molar-refractivity contribution in [2.45, 2.75) is 6.42 Å². The lowest BCUT2D eigenvalue weighted by molar-refractivity contribution is -0.107. The molecule has 0 radical (unpaired) electrons. The maximum atomic E-state index is 10.1. The molecule has 0 saturated carbocycles. The minimum absolute atomic E-state index is 0.453. The third-order valence-electron chi connectivity index (χ3n) is 1.19. The van der Waals surface area contributed by atoms with E-state index in [-0.39, 0.29) is 0 Å². The average molecular weight is 132 g/mol. The molecule has 1 heteroatoms. The fraction of sp³-hybridized carbons (Fsp3) is 0.111. The van der Waals surface area contributed by atoms with Gasteiger partial charge in [-0.15, -0.1) is 5.73 Å². The lowest BCUT2D eigenvalue weighted by Crippen LogP contribution is -1.75. The Morgan fingerprint density at radius 3 is 3.10 bits per heavy atom.